The summed E-state index contributed by atoms with van der Waals surface area (Å²) in [7, 11) is 0. The molecule has 1 atom stereocenters. The van der Waals surface area contributed by atoms with Crippen molar-refractivity contribution in [3.8, 4) is 0 Å². The van der Waals surface area contributed by atoms with Crippen molar-refractivity contribution >= 4 is 5.69 Å². The van der Waals surface area contributed by atoms with E-state index in [0.29, 0.717) is 6.42 Å². The summed E-state index contributed by atoms with van der Waals surface area (Å²) in [6, 6.07) is 6.81. The Labute approximate surface area is 123 Å². The largest absolute Gasteiger partial charge is 0.373 e. The van der Waals surface area contributed by atoms with Crippen LogP contribution < -0.4 is 5.32 Å². The number of aryl methyl sites for hydroxylation is 1. The van der Waals surface area contributed by atoms with Crippen LogP contribution in [-0.2, 0) is 6.42 Å². The van der Waals surface area contributed by atoms with Crippen molar-refractivity contribution in [1.29, 1.82) is 0 Å². The van der Waals surface area contributed by atoms with Crippen LogP contribution in [0.4, 0.5) is 27.6 Å². The zero-order chi connectivity index (χ0) is 15.9. The zero-order valence-corrected chi connectivity index (χ0v) is 11.4. The zero-order valence-electron chi connectivity index (χ0n) is 11.4. The van der Waals surface area contributed by atoms with E-state index in [4.69, 9.17) is 0 Å². The summed E-state index contributed by atoms with van der Waals surface area (Å²) in [6.07, 6.45) is 2.14. The Bertz CT molecular complexity index is 700. The van der Waals surface area contributed by atoms with E-state index in [2.05, 4.69) is 5.32 Å². The summed E-state index contributed by atoms with van der Waals surface area (Å²) in [5, 5.41) is 2.49. The number of halogens is 5. The van der Waals surface area contributed by atoms with Crippen LogP contribution in [-0.4, -0.2) is 0 Å². The van der Waals surface area contributed by atoms with Crippen molar-refractivity contribution in [1.82, 2.24) is 0 Å². The van der Waals surface area contributed by atoms with Crippen LogP contribution in [0.5, 0.6) is 0 Å². The van der Waals surface area contributed by atoms with Gasteiger partial charge < -0.3 is 5.32 Å². The van der Waals surface area contributed by atoms with Crippen LogP contribution >= 0.6 is 0 Å². The van der Waals surface area contributed by atoms with E-state index in [1.807, 2.05) is 12.1 Å². The minimum Gasteiger partial charge on any atom is -0.373 e. The number of hydrogen-bond donors (Lipinski definition) is 1. The maximum atomic E-state index is 13.8. The molecule has 116 valence electrons. The molecule has 0 radical (unpaired) electrons. The second kappa shape index (κ2) is 5.59. The lowest BCUT2D eigenvalue weighted by molar-refractivity contribution is 0.380. The van der Waals surface area contributed by atoms with E-state index < -0.39 is 40.8 Å². The number of rotatable bonds is 2. The molecule has 1 N–H and O–H groups in total. The summed E-state index contributed by atoms with van der Waals surface area (Å²) in [5.41, 5.74) is 0.853. The van der Waals surface area contributed by atoms with Gasteiger partial charge in [0.25, 0.3) is 0 Å². The average molecular weight is 313 g/mol. The standard InChI is InChI=1S/C16H12F5N/c17-11-12(18)14(20)16(15(21)13(11)19)22-10-7-3-5-8-4-1-2-6-9(8)10/h1-2,4,6,10,22H,3,5,7H2. The lowest BCUT2D eigenvalue weighted by Gasteiger charge is -2.27. The molecule has 3 rings (SSSR count). The lowest BCUT2D eigenvalue weighted by Crippen LogP contribution is -2.20. The molecule has 22 heavy (non-hydrogen) atoms. The molecule has 6 heteroatoms. The number of fused-ring (bicyclic) bond motifs is 1. The molecule has 0 amide bonds. The maximum Gasteiger partial charge on any atom is 0.200 e. The molecule has 0 aliphatic heterocycles. The monoisotopic (exact) mass is 313 g/mol. The third-order valence-electron chi connectivity index (χ3n) is 3.90. The molecule has 2 aromatic rings. The lowest BCUT2D eigenvalue weighted by atomic mass is 9.87. The molecule has 1 aliphatic carbocycles. The van der Waals surface area contributed by atoms with Crippen molar-refractivity contribution in [2.75, 3.05) is 5.32 Å². The Morgan fingerprint density at radius 3 is 2.09 bits per heavy atom. The van der Waals surface area contributed by atoms with Gasteiger partial charge >= 0.3 is 0 Å². The molecule has 0 aromatic heterocycles. The number of anilines is 1. The fraction of sp³-hybridized carbons (Fsp3) is 0.250. The molecular formula is C16H12F5N. The van der Waals surface area contributed by atoms with Gasteiger partial charge in [0.1, 0.15) is 5.69 Å². The number of nitrogens with one attached hydrogen (secondary N) is 1. The molecule has 0 heterocycles. The molecule has 1 aliphatic rings. The van der Waals surface area contributed by atoms with Crippen molar-refractivity contribution in [3.05, 3.63) is 64.5 Å². The van der Waals surface area contributed by atoms with E-state index in [0.717, 1.165) is 24.0 Å². The minimum atomic E-state index is -2.15. The molecule has 0 saturated carbocycles. The third-order valence-corrected chi connectivity index (χ3v) is 3.90. The van der Waals surface area contributed by atoms with E-state index in [-0.39, 0.29) is 0 Å². The van der Waals surface area contributed by atoms with Gasteiger partial charge in [-0.25, -0.2) is 22.0 Å². The summed E-state index contributed by atoms with van der Waals surface area (Å²) < 4.78 is 67.1. The van der Waals surface area contributed by atoms with Crippen LogP contribution in [0.25, 0.3) is 0 Å². The van der Waals surface area contributed by atoms with Crippen LogP contribution in [0.2, 0.25) is 0 Å². The van der Waals surface area contributed by atoms with Gasteiger partial charge in [-0.2, -0.15) is 0 Å². The molecule has 0 bridgehead atoms. The van der Waals surface area contributed by atoms with Crippen molar-refractivity contribution in [3.63, 3.8) is 0 Å². The smallest absolute Gasteiger partial charge is 0.200 e. The van der Waals surface area contributed by atoms with Crippen molar-refractivity contribution < 1.29 is 22.0 Å². The van der Waals surface area contributed by atoms with Crippen LogP contribution in [0.3, 0.4) is 0 Å². The molecule has 1 unspecified atom stereocenters. The quantitative estimate of drug-likeness (QED) is 0.474. The number of hydrogen-bond acceptors (Lipinski definition) is 1. The first-order chi connectivity index (χ1) is 10.5. The van der Waals surface area contributed by atoms with Crippen LogP contribution in [0.15, 0.2) is 24.3 Å². The highest BCUT2D eigenvalue weighted by Gasteiger charge is 2.28. The van der Waals surface area contributed by atoms with Gasteiger partial charge in [0.15, 0.2) is 23.3 Å². The Balaban J connectivity index is 2.02. The van der Waals surface area contributed by atoms with E-state index in [9.17, 15) is 22.0 Å². The third kappa shape index (κ3) is 2.32. The number of benzene rings is 2. The van der Waals surface area contributed by atoms with Gasteiger partial charge in [0.2, 0.25) is 5.82 Å². The van der Waals surface area contributed by atoms with Crippen LogP contribution in [0, 0.1) is 29.1 Å². The van der Waals surface area contributed by atoms with Gasteiger partial charge in [-0.1, -0.05) is 24.3 Å². The maximum absolute atomic E-state index is 13.8. The molecule has 0 saturated heterocycles. The van der Waals surface area contributed by atoms with Gasteiger partial charge in [0.05, 0.1) is 6.04 Å². The van der Waals surface area contributed by atoms with Gasteiger partial charge in [-0.15, -0.1) is 0 Å². The molecular weight excluding hydrogens is 301 g/mol. The average Bonchev–Trinajstić information content (AvgIpc) is 2.55. The summed E-state index contributed by atoms with van der Waals surface area (Å²) in [6.45, 7) is 0. The fourth-order valence-electron chi connectivity index (χ4n) is 2.81. The molecule has 0 spiro atoms. The normalized spacial score (nSPS) is 17.2. The van der Waals surface area contributed by atoms with Crippen LogP contribution in [0.1, 0.15) is 30.0 Å². The first kappa shape index (κ1) is 14.8. The molecule has 2 aromatic carbocycles. The Hall–Kier alpha value is -2.11. The SMILES string of the molecule is Fc1c(F)c(F)c(NC2CCCc3ccccc32)c(F)c1F. The van der Waals surface area contributed by atoms with Gasteiger partial charge in [0, 0.05) is 0 Å². The summed E-state index contributed by atoms with van der Waals surface area (Å²) in [5.74, 6) is -9.69. The second-order valence-electron chi connectivity index (χ2n) is 5.23. The summed E-state index contributed by atoms with van der Waals surface area (Å²) >= 11 is 0. The Kier molecular flexibility index (Phi) is 3.76. The van der Waals surface area contributed by atoms with Crippen molar-refractivity contribution in [2.24, 2.45) is 0 Å². The predicted octanol–water partition coefficient (Wildman–Crippen LogP) is 4.87. The Morgan fingerprint density at radius 2 is 1.41 bits per heavy atom. The first-order valence-corrected chi connectivity index (χ1v) is 6.86. The van der Waals surface area contributed by atoms with E-state index in [1.54, 1.807) is 12.1 Å². The van der Waals surface area contributed by atoms with E-state index >= 15 is 0 Å². The minimum absolute atomic E-state index is 0.488. The highest BCUT2D eigenvalue weighted by molar-refractivity contribution is 5.50. The highest BCUT2D eigenvalue weighted by Crippen LogP contribution is 2.35. The Morgan fingerprint density at radius 1 is 0.818 bits per heavy atom. The van der Waals surface area contributed by atoms with E-state index in [1.165, 1.54) is 0 Å². The first-order valence-electron chi connectivity index (χ1n) is 6.86. The van der Waals surface area contributed by atoms with Crippen molar-refractivity contribution in [2.45, 2.75) is 25.3 Å². The molecule has 1 nitrogen and oxygen atoms in total. The topological polar surface area (TPSA) is 12.0 Å². The second-order valence-corrected chi connectivity index (χ2v) is 5.23. The highest BCUT2D eigenvalue weighted by atomic mass is 19.2. The van der Waals surface area contributed by atoms with Gasteiger partial charge in [-0.3, -0.25) is 0 Å². The fourth-order valence-corrected chi connectivity index (χ4v) is 2.81. The predicted molar refractivity (Wildman–Crippen MR) is 72.0 cm³/mol. The molecule has 0 fully saturated rings. The summed E-state index contributed by atoms with van der Waals surface area (Å²) in [4.78, 5) is 0. The van der Waals surface area contributed by atoms with Gasteiger partial charge in [-0.05, 0) is 30.4 Å².